The Balaban J connectivity index is 2.08. The van der Waals surface area contributed by atoms with E-state index in [0.29, 0.717) is 5.82 Å². The SMILES string of the molecule is Cc1cc(NC(=O)Cn2ccccc2=O)n(C)n1. The van der Waals surface area contributed by atoms with Crippen molar-refractivity contribution >= 4 is 11.7 Å². The number of nitrogens with zero attached hydrogens (tertiary/aromatic N) is 3. The first kappa shape index (κ1) is 12.1. The van der Waals surface area contributed by atoms with E-state index in [9.17, 15) is 9.59 Å². The average molecular weight is 246 g/mol. The van der Waals surface area contributed by atoms with Crippen LogP contribution in [0.2, 0.25) is 0 Å². The van der Waals surface area contributed by atoms with Gasteiger partial charge in [-0.3, -0.25) is 14.3 Å². The molecule has 0 bridgehead atoms. The molecule has 2 rings (SSSR count). The minimum atomic E-state index is -0.258. The molecule has 6 nitrogen and oxygen atoms in total. The fourth-order valence-corrected chi connectivity index (χ4v) is 1.66. The van der Waals surface area contributed by atoms with Crippen LogP contribution in [0.5, 0.6) is 0 Å². The van der Waals surface area contributed by atoms with Crippen LogP contribution < -0.4 is 10.9 Å². The maximum Gasteiger partial charge on any atom is 0.250 e. The van der Waals surface area contributed by atoms with Crippen LogP contribution in [-0.2, 0) is 18.4 Å². The van der Waals surface area contributed by atoms with Crippen molar-refractivity contribution in [2.24, 2.45) is 7.05 Å². The van der Waals surface area contributed by atoms with Crippen molar-refractivity contribution in [3.8, 4) is 0 Å². The summed E-state index contributed by atoms with van der Waals surface area (Å²) in [5.74, 6) is 0.354. The van der Waals surface area contributed by atoms with Crippen molar-refractivity contribution in [1.82, 2.24) is 14.3 Å². The number of hydrogen-bond donors (Lipinski definition) is 1. The molecular formula is C12H14N4O2. The Labute approximate surface area is 104 Å². The highest BCUT2D eigenvalue weighted by atomic mass is 16.2. The van der Waals surface area contributed by atoms with Gasteiger partial charge in [0.15, 0.2) is 0 Å². The Morgan fingerprint density at radius 1 is 1.44 bits per heavy atom. The average Bonchev–Trinajstić information content (AvgIpc) is 2.61. The van der Waals surface area contributed by atoms with E-state index < -0.39 is 0 Å². The second-order valence-electron chi connectivity index (χ2n) is 4.01. The molecule has 0 fully saturated rings. The van der Waals surface area contributed by atoms with E-state index in [1.807, 2.05) is 6.92 Å². The molecule has 0 aliphatic carbocycles. The zero-order chi connectivity index (χ0) is 13.1. The van der Waals surface area contributed by atoms with E-state index in [0.717, 1.165) is 5.69 Å². The molecule has 0 aliphatic rings. The van der Waals surface area contributed by atoms with Gasteiger partial charge in [-0.15, -0.1) is 0 Å². The molecule has 18 heavy (non-hydrogen) atoms. The summed E-state index contributed by atoms with van der Waals surface area (Å²) in [7, 11) is 1.75. The Morgan fingerprint density at radius 2 is 2.22 bits per heavy atom. The van der Waals surface area contributed by atoms with Gasteiger partial charge in [0, 0.05) is 25.4 Å². The van der Waals surface area contributed by atoms with Crippen LogP contribution in [0.3, 0.4) is 0 Å². The predicted octanol–water partition coefficient (Wildman–Crippen LogP) is 0.529. The number of rotatable bonds is 3. The number of hydrogen-bond acceptors (Lipinski definition) is 3. The molecule has 0 atom stereocenters. The first-order valence-electron chi connectivity index (χ1n) is 5.52. The van der Waals surface area contributed by atoms with E-state index in [-0.39, 0.29) is 18.0 Å². The number of amides is 1. The number of anilines is 1. The highest BCUT2D eigenvalue weighted by molar-refractivity contribution is 5.89. The van der Waals surface area contributed by atoms with Gasteiger partial charge in [0.2, 0.25) is 5.91 Å². The minimum Gasteiger partial charge on any atom is -0.309 e. The Hall–Kier alpha value is -2.37. The molecule has 1 N–H and O–H groups in total. The smallest absolute Gasteiger partial charge is 0.250 e. The molecule has 0 saturated heterocycles. The van der Waals surface area contributed by atoms with Crippen LogP contribution in [0.15, 0.2) is 35.3 Å². The topological polar surface area (TPSA) is 68.9 Å². The van der Waals surface area contributed by atoms with Crippen LogP contribution in [0, 0.1) is 6.92 Å². The molecule has 0 radical (unpaired) electrons. The fraction of sp³-hybridized carbons (Fsp3) is 0.250. The van der Waals surface area contributed by atoms with Crippen LogP contribution in [-0.4, -0.2) is 20.3 Å². The number of aryl methyl sites for hydroxylation is 2. The van der Waals surface area contributed by atoms with Crippen molar-refractivity contribution in [2.75, 3.05) is 5.32 Å². The van der Waals surface area contributed by atoms with Gasteiger partial charge < -0.3 is 9.88 Å². The van der Waals surface area contributed by atoms with Crippen molar-refractivity contribution < 1.29 is 4.79 Å². The van der Waals surface area contributed by atoms with Crippen molar-refractivity contribution in [2.45, 2.75) is 13.5 Å². The largest absolute Gasteiger partial charge is 0.309 e. The summed E-state index contributed by atoms with van der Waals surface area (Å²) in [6.07, 6.45) is 1.58. The summed E-state index contributed by atoms with van der Waals surface area (Å²) >= 11 is 0. The maximum absolute atomic E-state index is 11.8. The van der Waals surface area contributed by atoms with Crippen LogP contribution >= 0.6 is 0 Å². The fourth-order valence-electron chi connectivity index (χ4n) is 1.66. The summed E-state index contributed by atoms with van der Waals surface area (Å²) in [4.78, 5) is 23.2. The summed E-state index contributed by atoms with van der Waals surface area (Å²) in [5.41, 5.74) is 0.624. The van der Waals surface area contributed by atoms with Crippen LogP contribution in [0.25, 0.3) is 0 Å². The van der Waals surface area contributed by atoms with Gasteiger partial charge in [0.05, 0.1) is 5.69 Å². The lowest BCUT2D eigenvalue weighted by molar-refractivity contribution is -0.116. The molecule has 94 valence electrons. The third kappa shape index (κ3) is 2.65. The normalized spacial score (nSPS) is 10.3. The zero-order valence-electron chi connectivity index (χ0n) is 10.3. The molecule has 6 heteroatoms. The zero-order valence-corrected chi connectivity index (χ0v) is 10.3. The number of carbonyl (C=O) groups excluding carboxylic acids is 1. The molecule has 2 heterocycles. The second kappa shape index (κ2) is 4.87. The molecule has 0 unspecified atom stereocenters. The molecule has 1 amide bonds. The van der Waals surface area contributed by atoms with Gasteiger partial charge >= 0.3 is 0 Å². The quantitative estimate of drug-likeness (QED) is 0.858. The van der Waals surface area contributed by atoms with Gasteiger partial charge in [-0.2, -0.15) is 5.10 Å². The molecule has 0 aliphatic heterocycles. The predicted molar refractivity (Wildman–Crippen MR) is 67.3 cm³/mol. The summed E-state index contributed by atoms with van der Waals surface area (Å²) in [6.45, 7) is 1.83. The van der Waals surface area contributed by atoms with Gasteiger partial charge in [-0.25, -0.2) is 0 Å². The van der Waals surface area contributed by atoms with Crippen molar-refractivity contribution in [3.05, 3.63) is 46.5 Å². The highest BCUT2D eigenvalue weighted by Gasteiger charge is 2.08. The van der Waals surface area contributed by atoms with E-state index in [1.165, 1.54) is 10.6 Å². The molecule has 0 saturated carbocycles. The number of nitrogens with one attached hydrogen (secondary N) is 1. The van der Waals surface area contributed by atoms with Crippen LogP contribution in [0.4, 0.5) is 5.82 Å². The number of carbonyl (C=O) groups is 1. The lowest BCUT2D eigenvalue weighted by atomic mass is 10.4. The summed E-state index contributed by atoms with van der Waals surface area (Å²) < 4.78 is 2.93. The maximum atomic E-state index is 11.8. The third-order valence-corrected chi connectivity index (χ3v) is 2.48. The van der Waals surface area contributed by atoms with Gasteiger partial charge in [-0.1, -0.05) is 6.07 Å². The first-order valence-corrected chi connectivity index (χ1v) is 5.52. The van der Waals surface area contributed by atoms with E-state index in [2.05, 4.69) is 10.4 Å². The lowest BCUT2D eigenvalue weighted by Gasteiger charge is -2.06. The van der Waals surface area contributed by atoms with Gasteiger partial charge in [0.1, 0.15) is 12.4 Å². The summed E-state index contributed by atoms with van der Waals surface area (Å²) in [6, 6.07) is 6.54. The van der Waals surface area contributed by atoms with Crippen molar-refractivity contribution in [1.29, 1.82) is 0 Å². The Morgan fingerprint density at radius 3 is 2.83 bits per heavy atom. The minimum absolute atomic E-state index is 0.0100. The molecule has 0 aromatic carbocycles. The van der Waals surface area contributed by atoms with E-state index >= 15 is 0 Å². The van der Waals surface area contributed by atoms with Gasteiger partial charge in [-0.05, 0) is 13.0 Å². The molecule has 2 aromatic rings. The van der Waals surface area contributed by atoms with Gasteiger partial charge in [0.25, 0.3) is 5.56 Å². The highest BCUT2D eigenvalue weighted by Crippen LogP contribution is 2.07. The molecule has 0 spiro atoms. The molecule has 2 aromatic heterocycles. The number of pyridine rings is 1. The monoisotopic (exact) mass is 246 g/mol. The first-order chi connectivity index (χ1) is 8.56. The summed E-state index contributed by atoms with van der Waals surface area (Å²) in [5, 5.41) is 6.83. The Bertz CT molecular complexity index is 627. The molecular weight excluding hydrogens is 232 g/mol. The van der Waals surface area contributed by atoms with E-state index in [1.54, 1.807) is 36.1 Å². The lowest BCUT2D eigenvalue weighted by Crippen LogP contribution is -2.27. The second-order valence-corrected chi connectivity index (χ2v) is 4.01. The Kier molecular flexibility index (Phi) is 3.27. The third-order valence-electron chi connectivity index (χ3n) is 2.48. The van der Waals surface area contributed by atoms with Crippen molar-refractivity contribution in [3.63, 3.8) is 0 Å². The van der Waals surface area contributed by atoms with E-state index in [4.69, 9.17) is 0 Å². The standard InChI is InChI=1S/C12H14N4O2/c1-9-7-10(15(2)14-9)13-11(17)8-16-6-4-3-5-12(16)18/h3-7H,8H2,1-2H3,(H,13,17). The number of aromatic nitrogens is 3. The van der Waals surface area contributed by atoms with Crippen LogP contribution in [0.1, 0.15) is 5.69 Å².